The Morgan fingerprint density at radius 1 is 0.417 bits per heavy atom. The van der Waals surface area contributed by atoms with Gasteiger partial charge in [0.1, 0.15) is 10.1 Å². The molecule has 0 unspecified atom stereocenters. The molecule has 0 heterocycles. The summed E-state index contributed by atoms with van der Waals surface area (Å²) >= 11 is 13.5. The molecular formula is C54H62Cl2N2O2. The van der Waals surface area contributed by atoms with Crippen LogP contribution in [0.3, 0.4) is 0 Å². The van der Waals surface area contributed by atoms with E-state index in [9.17, 15) is 10.5 Å². The molecule has 2 atom stereocenters. The molecule has 4 aromatic rings. The Labute approximate surface area is 368 Å². The third-order valence-electron chi connectivity index (χ3n) is 14.3. The van der Waals surface area contributed by atoms with Gasteiger partial charge >= 0.3 is 0 Å². The number of nitriles is 2. The lowest BCUT2D eigenvalue weighted by atomic mass is 9.37. The molecule has 4 aromatic carbocycles. The van der Waals surface area contributed by atoms with Gasteiger partial charge in [-0.2, -0.15) is 10.5 Å². The number of fused-ring (bicyclic) bond motifs is 2. The Balaban J connectivity index is 1.74. The van der Waals surface area contributed by atoms with Crippen LogP contribution >= 0.6 is 23.2 Å². The highest BCUT2D eigenvalue weighted by Crippen LogP contribution is 2.73. The highest BCUT2D eigenvalue weighted by Gasteiger charge is 2.78. The van der Waals surface area contributed by atoms with Crippen molar-refractivity contribution in [2.45, 2.75) is 170 Å². The van der Waals surface area contributed by atoms with Crippen molar-refractivity contribution >= 4 is 56.3 Å². The van der Waals surface area contributed by atoms with Crippen molar-refractivity contribution in [1.29, 1.82) is 10.5 Å². The molecule has 0 fully saturated rings. The van der Waals surface area contributed by atoms with E-state index in [1.54, 1.807) is 0 Å². The van der Waals surface area contributed by atoms with Gasteiger partial charge in [0.2, 0.25) is 0 Å². The van der Waals surface area contributed by atoms with Crippen LogP contribution in [0.2, 0.25) is 0 Å². The molecule has 0 aromatic heterocycles. The van der Waals surface area contributed by atoms with Gasteiger partial charge in [0.15, 0.2) is 22.4 Å². The molecule has 0 radical (unpaired) electrons. The molecule has 0 amide bonds. The number of hydrogen-bond donors (Lipinski definition) is 0. The molecular weight excluding hydrogens is 780 g/mol. The lowest BCUT2D eigenvalue weighted by molar-refractivity contribution is -0.141. The summed E-state index contributed by atoms with van der Waals surface area (Å²) in [5.74, 6) is -3.27. The van der Waals surface area contributed by atoms with Crippen molar-refractivity contribution in [2.24, 2.45) is 10.8 Å². The molecule has 4 aliphatic rings. The number of carbonyl (C=O) groups excluding carboxylic acids is 2. The maximum atomic E-state index is 15.1. The first kappa shape index (κ1) is 44.1. The minimum absolute atomic E-state index is 0.441. The SMILES string of the molecule is CCCc1c(CCC)c(CCC)c2cc3c(cc2c1CCC)C1c2cc4c(CCC)c(CCC)c(CCC)c(CCC)c4cc2C3[C@@]2(C#N)C(=O)C(Cl)=C(Cl)C(=O)[C@@]12C#N. The number of hydrogen-bond acceptors (Lipinski definition) is 4. The number of benzene rings is 4. The summed E-state index contributed by atoms with van der Waals surface area (Å²) in [6.45, 7) is 18.0. The quantitative estimate of drug-likeness (QED) is 0.112. The number of aryl methyl sites for hydroxylation is 4. The first-order valence-electron chi connectivity index (χ1n) is 23.3. The maximum Gasteiger partial charge on any atom is 0.199 e. The zero-order chi connectivity index (χ0) is 43.3. The highest BCUT2D eigenvalue weighted by molar-refractivity contribution is 6.57. The van der Waals surface area contributed by atoms with Crippen LogP contribution in [-0.2, 0) is 61.0 Å². The second kappa shape index (κ2) is 17.4. The second-order valence-electron chi connectivity index (χ2n) is 17.9. The summed E-state index contributed by atoms with van der Waals surface area (Å²) in [4.78, 5) is 30.2. The van der Waals surface area contributed by atoms with Crippen LogP contribution in [0, 0.1) is 33.5 Å². The van der Waals surface area contributed by atoms with E-state index in [2.05, 4.69) is 91.8 Å². The van der Waals surface area contributed by atoms with Crippen molar-refractivity contribution in [2.75, 3.05) is 0 Å². The van der Waals surface area contributed by atoms with Crippen LogP contribution in [0.25, 0.3) is 21.5 Å². The van der Waals surface area contributed by atoms with Crippen LogP contribution < -0.4 is 0 Å². The van der Waals surface area contributed by atoms with E-state index >= 15 is 9.59 Å². The number of Topliss-reactive ketones (excluding diaryl/α,β-unsaturated/α-hetero) is 2. The summed E-state index contributed by atoms with van der Waals surface area (Å²) < 4.78 is 0. The number of nitrogens with zero attached hydrogens (tertiary/aromatic N) is 2. The van der Waals surface area contributed by atoms with Crippen LogP contribution in [-0.4, -0.2) is 11.6 Å². The molecule has 0 aliphatic heterocycles. The largest absolute Gasteiger partial charge is 0.291 e. The zero-order valence-electron chi connectivity index (χ0n) is 37.2. The average Bonchev–Trinajstić information content (AvgIpc) is 3.25. The molecule has 4 aliphatic carbocycles. The normalized spacial score (nSPS) is 21.7. The number of carbonyl (C=O) groups is 2. The van der Waals surface area contributed by atoms with Crippen LogP contribution in [0.1, 0.15) is 185 Å². The standard InChI is InChI=1S/C54H62Cl2N2O2/c1-9-17-31-32(18-10-2)36(22-14-6)40-26-44-43(25-39(40)35(31)21-13-5)47-45-27-41-37(23-15-7)33(19-11-3)34(20-12-4)38(24-16-8)42(41)28-46(45)48(44)54(30-58)52(60)50(56)49(55)51(59)53(47,54)29-57/h25-28,47-48H,9-24H2,1-8H3/t47?,48?,53-,54+. The summed E-state index contributed by atoms with van der Waals surface area (Å²) in [7, 11) is 0. The molecule has 6 heteroatoms. The summed E-state index contributed by atoms with van der Waals surface area (Å²) in [6.07, 6.45) is 15.7. The molecule has 0 saturated heterocycles. The van der Waals surface area contributed by atoms with Gasteiger partial charge in [-0.3, -0.25) is 9.59 Å². The van der Waals surface area contributed by atoms with Crippen molar-refractivity contribution in [3.63, 3.8) is 0 Å². The predicted molar refractivity (Wildman–Crippen MR) is 248 cm³/mol. The number of rotatable bonds is 16. The Kier molecular flexibility index (Phi) is 12.8. The highest BCUT2D eigenvalue weighted by atomic mass is 35.5. The van der Waals surface area contributed by atoms with Gasteiger partial charge in [-0.25, -0.2) is 0 Å². The Bertz CT molecular complexity index is 2250. The van der Waals surface area contributed by atoms with Crippen molar-refractivity contribution < 1.29 is 9.59 Å². The smallest absolute Gasteiger partial charge is 0.199 e. The lowest BCUT2D eigenvalue weighted by Crippen LogP contribution is -2.65. The fourth-order valence-corrected chi connectivity index (χ4v) is 12.8. The lowest BCUT2D eigenvalue weighted by Gasteiger charge is -2.58. The fraction of sp³-hybridized carbons (Fsp3) is 0.519. The van der Waals surface area contributed by atoms with E-state index in [0.29, 0.717) is 0 Å². The number of allylic oxidation sites excluding steroid dienone is 2. The summed E-state index contributed by atoms with van der Waals surface area (Å²) in [5.41, 5.74) is 10.4. The minimum Gasteiger partial charge on any atom is -0.291 e. The second-order valence-corrected chi connectivity index (χ2v) is 18.6. The van der Waals surface area contributed by atoms with E-state index in [0.717, 1.165) is 125 Å². The van der Waals surface area contributed by atoms with E-state index in [-0.39, 0.29) is 0 Å². The van der Waals surface area contributed by atoms with Gasteiger partial charge in [0, 0.05) is 11.8 Å². The van der Waals surface area contributed by atoms with Crippen molar-refractivity contribution in [3.8, 4) is 12.1 Å². The predicted octanol–water partition coefficient (Wildman–Crippen LogP) is 14.1. The zero-order valence-corrected chi connectivity index (χ0v) is 38.8. The van der Waals surface area contributed by atoms with Crippen LogP contribution in [0.5, 0.6) is 0 Å². The molecule has 4 nitrogen and oxygen atoms in total. The first-order chi connectivity index (χ1) is 29.0. The Morgan fingerprint density at radius 3 is 0.800 bits per heavy atom. The molecule has 314 valence electrons. The molecule has 0 N–H and O–H groups in total. The molecule has 8 rings (SSSR count). The third-order valence-corrected chi connectivity index (χ3v) is 15.1. The van der Waals surface area contributed by atoms with Crippen LogP contribution in [0.4, 0.5) is 0 Å². The van der Waals surface area contributed by atoms with Gasteiger partial charge in [0.05, 0.1) is 12.1 Å². The Hall–Kier alpha value is -3.96. The number of halogens is 2. The first-order valence-corrected chi connectivity index (χ1v) is 24.0. The average molecular weight is 842 g/mol. The Morgan fingerprint density at radius 2 is 0.617 bits per heavy atom. The van der Waals surface area contributed by atoms with E-state index in [1.807, 2.05) is 0 Å². The summed E-state index contributed by atoms with van der Waals surface area (Å²) in [6, 6.07) is 14.0. The monoisotopic (exact) mass is 840 g/mol. The molecule has 0 saturated carbocycles. The van der Waals surface area contributed by atoms with E-state index in [1.165, 1.54) is 66.1 Å². The molecule has 2 bridgehead atoms. The van der Waals surface area contributed by atoms with Gasteiger partial charge in [-0.1, -0.05) is 130 Å². The van der Waals surface area contributed by atoms with E-state index < -0.39 is 44.3 Å². The maximum absolute atomic E-state index is 15.1. The minimum atomic E-state index is -2.11. The van der Waals surface area contributed by atoms with Crippen molar-refractivity contribution in [3.05, 3.63) is 101 Å². The van der Waals surface area contributed by atoms with Crippen LogP contribution in [0.15, 0.2) is 34.3 Å². The molecule has 0 spiro atoms. The van der Waals surface area contributed by atoms with Crippen molar-refractivity contribution in [1.82, 2.24) is 0 Å². The van der Waals surface area contributed by atoms with Gasteiger partial charge < -0.3 is 0 Å². The molecule has 60 heavy (non-hydrogen) atoms. The number of ketones is 2. The van der Waals surface area contributed by atoms with E-state index in [4.69, 9.17) is 23.2 Å². The van der Waals surface area contributed by atoms with Gasteiger partial charge in [-0.15, -0.1) is 0 Å². The fourth-order valence-electron chi connectivity index (χ4n) is 12.3. The third kappa shape index (κ3) is 6.01. The van der Waals surface area contributed by atoms with Gasteiger partial charge in [0.25, 0.3) is 0 Å². The van der Waals surface area contributed by atoms with Gasteiger partial charge in [-0.05, 0) is 164 Å². The summed E-state index contributed by atoms with van der Waals surface area (Å²) in [5, 5.41) is 27.2. The topological polar surface area (TPSA) is 81.7 Å².